The topological polar surface area (TPSA) is 102 Å². The quantitative estimate of drug-likeness (QED) is 0.626. The number of nitrogens with one attached hydrogen (secondary N) is 2. The molecule has 2 aromatic rings. The molecule has 0 unspecified atom stereocenters. The summed E-state index contributed by atoms with van der Waals surface area (Å²) < 4.78 is 11.7. The third kappa shape index (κ3) is 5.11. The second-order valence-electron chi connectivity index (χ2n) is 8.54. The first-order valence-corrected chi connectivity index (χ1v) is 11.0. The van der Waals surface area contributed by atoms with E-state index < -0.39 is 5.69 Å². The smallest absolute Gasteiger partial charge is 0.328 e. The Hall–Kier alpha value is -2.77. The van der Waals surface area contributed by atoms with E-state index in [1.165, 1.54) is 25.2 Å². The van der Waals surface area contributed by atoms with Crippen LogP contribution in [0.4, 0.5) is 0 Å². The van der Waals surface area contributed by atoms with Crippen LogP contribution in [0.1, 0.15) is 52.4 Å². The molecule has 1 amide bonds. The standard InChI is InChI=1S/C23H33N3O5/c1-14-8-7-9-17(15(14)2)24-21(27)10-5-6-11-26-22(28)16-12-19(30-3)20(31-4)13-18(16)25-23(26)29/h12-15,17H,5-11H2,1-4H3,(H,24,27)(H,25,29)/t14-,15-,17+/m0/s1. The molecule has 2 N–H and O–H groups in total. The van der Waals surface area contributed by atoms with Crippen LogP contribution in [0.15, 0.2) is 21.7 Å². The number of methoxy groups -OCH3 is 2. The summed E-state index contributed by atoms with van der Waals surface area (Å²) in [6, 6.07) is 3.40. The Labute approximate surface area is 181 Å². The van der Waals surface area contributed by atoms with Crippen molar-refractivity contribution in [2.45, 2.75) is 65.0 Å². The average Bonchev–Trinajstić information content (AvgIpc) is 2.75. The fraction of sp³-hybridized carbons (Fsp3) is 0.609. The molecule has 1 aromatic heterocycles. The minimum absolute atomic E-state index is 0.0440. The van der Waals surface area contributed by atoms with Crippen LogP contribution in [0.2, 0.25) is 0 Å². The summed E-state index contributed by atoms with van der Waals surface area (Å²) >= 11 is 0. The van der Waals surface area contributed by atoms with Gasteiger partial charge in [0.05, 0.1) is 25.1 Å². The van der Waals surface area contributed by atoms with Crippen molar-refractivity contribution in [2.24, 2.45) is 11.8 Å². The van der Waals surface area contributed by atoms with Crippen LogP contribution in [0.5, 0.6) is 11.5 Å². The first-order valence-electron chi connectivity index (χ1n) is 11.0. The first-order chi connectivity index (χ1) is 14.8. The van der Waals surface area contributed by atoms with Gasteiger partial charge in [-0.3, -0.25) is 14.2 Å². The molecule has 1 fully saturated rings. The van der Waals surface area contributed by atoms with E-state index in [4.69, 9.17) is 9.47 Å². The lowest BCUT2D eigenvalue weighted by molar-refractivity contribution is -0.122. The number of carbonyl (C=O) groups excluding carboxylic acids is 1. The highest BCUT2D eigenvalue weighted by Crippen LogP contribution is 2.30. The van der Waals surface area contributed by atoms with Crippen molar-refractivity contribution in [3.63, 3.8) is 0 Å². The molecule has 0 saturated heterocycles. The van der Waals surface area contributed by atoms with Gasteiger partial charge in [-0.05, 0) is 37.2 Å². The molecule has 1 aromatic carbocycles. The first kappa shape index (κ1) is 22.9. The number of fused-ring (bicyclic) bond motifs is 1. The zero-order valence-corrected chi connectivity index (χ0v) is 18.8. The maximum absolute atomic E-state index is 12.8. The van der Waals surface area contributed by atoms with Crippen molar-refractivity contribution in [1.29, 1.82) is 0 Å². The van der Waals surface area contributed by atoms with Crippen LogP contribution in [-0.4, -0.2) is 35.7 Å². The number of rotatable bonds is 8. The summed E-state index contributed by atoms with van der Waals surface area (Å²) in [6.07, 6.45) is 4.97. The molecule has 1 saturated carbocycles. The number of hydrogen-bond acceptors (Lipinski definition) is 5. The van der Waals surface area contributed by atoms with Gasteiger partial charge < -0.3 is 19.8 Å². The van der Waals surface area contributed by atoms with Gasteiger partial charge in [-0.15, -0.1) is 0 Å². The minimum Gasteiger partial charge on any atom is -0.493 e. The Bertz CT molecular complexity index is 1040. The predicted molar refractivity (Wildman–Crippen MR) is 120 cm³/mol. The Morgan fingerprint density at radius 2 is 1.84 bits per heavy atom. The molecular formula is C23H33N3O5. The number of hydrogen-bond donors (Lipinski definition) is 2. The van der Waals surface area contributed by atoms with Crippen LogP contribution >= 0.6 is 0 Å². The number of benzene rings is 1. The fourth-order valence-corrected chi connectivity index (χ4v) is 4.40. The molecule has 8 heteroatoms. The normalized spacial score (nSPS) is 21.1. The SMILES string of the molecule is COc1cc2[nH]c(=O)n(CCCCC(=O)N[C@@H]3CCC[C@H](C)[C@@H]3C)c(=O)c2cc1OC. The van der Waals surface area contributed by atoms with Gasteiger partial charge in [0.2, 0.25) is 5.91 Å². The van der Waals surface area contributed by atoms with E-state index in [1.807, 2.05) is 0 Å². The molecule has 0 bridgehead atoms. The van der Waals surface area contributed by atoms with Crippen LogP contribution < -0.4 is 26.0 Å². The predicted octanol–water partition coefficient (Wildman–Crippen LogP) is 2.82. The van der Waals surface area contributed by atoms with Crippen molar-refractivity contribution in [3.8, 4) is 11.5 Å². The Balaban J connectivity index is 1.61. The summed E-state index contributed by atoms with van der Waals surface area (Å²) in [6.45, 7) is 4.70. The van der Waals surface area contributed by atoms with Gasteiger partial charge in [0.25, 0.3) is 5.56 Å². The highest BCUT2D eigenvalue weighted by atomic mass is 16.5. The van der Waals surface area contributed by atoms with E-state index in [2.05, 4.69) is 24.1 Å². The van der Waals surface area contributed by atoms with Gasteiger partial charge in [0.15, 0.2) is 11.5 Å². The Kier molecular flexibility index (Phi) is 7.41. The fourth-order valence-electron chi connectivity index (χ4n) is 4.40. The van der Waals surface area contributed by atoms with Crippen LogP contribution in [-0.2, 0) is 11.3 Å². The summed E-state index contributed by atoms with van der Waals surface area (Å²) in [5.74, 6) is 2.03. The number of nitrogens with zero attached hydrogens (tertiary/aromatic N) is 1. The maximum atomic E-state index is 12.8. The maximum Gasteiger partial charge on any atom is 0.328 e. The van der Waals surface area contributed by atoms with Crippen LogP contribution in [0, 0.1) is 11.8 Å². The number of aromatic nitrogens is 2. The number of carbonyl (C=O) groups is 1. The van der Waals surface area contributed by atoms with Crippen LogP contribution in [0.3, 0.4) is 0 Å². The minimum atomic E-state index is -0.473. The molecule has 3 atom stereocenters. The van der Waals surface area contributed by atoms with Gasteiger partial charge in [-0.1, -0.05) is 26.7 Å². The van der Waals surface area contributed by atoms with Crippen molar-refractivity contribution < 1.29 is 14.3 Å². The zero-order chi connectivity index (χ0) is 22.5. The molecule has 0 aliphatic heterocycles. The Morgan fingerprint density at radius 1 is 1.13 bits per heavy atom. The molecule has 1 aliphatic carbocycles. The van der Waals surface area contributed by atoms with Crippen molar-refractivity contribution in [2.75, 3.05) is 14.2 Å². The lowest BCUT2D eigenvalue weighted by Gasteiger charge is -2.34. The molecule has 0 radical (unpaired) electrons. The number of aromatic amines is 1. The van der Waals surface area contributed by atoms with Gasteiger partial charge in [-0.2, -0.15) is 0 Å². The summed E-state index contributed by atoms with van der Waals surface area (Å²) in [5.41, 5.74) is -0.451. The van der Waals surface area contributed by atoms with Gasteiger partial charge >= 0.3 is 5.69 Å². The van der Waals surface area contributed by atoms with Crippen LogP contribution in [0.25, 0.3) is 10.9 Å². The molecule has 1 aliphatic rings. The van der Waals surface area contributed by atoms with Crippen molar-refractivity contribution in [3.05, 3.63) is 33.0 Å². The highest BCUT2D eigenvalue weighted by Gasteiger charge is 2.27. The van der Waals surface area contributed by atoms with E-state index in [0.717, 1.165) is 12.8 Å². The lowest BCUT2D eigenvalue weighted by Crippen LogP contribution is -2.43. The van der Waals surface area contributed by atoms with Gasteiger partial charge in [0.1, 0.15) is 0 Å². The number of H-pyrrole nitrogens is 1. The van der Waals surface area contributed by atoms with E-state index in [1.54, 1.807) is 12.1 Å². The largest absolute Gasteiger partial charge is 0.493 e. The molecule has 8 nitrogen and oxygen atoms in total. The number of amides is 1. The summed E-state index contributed by atoms with van der Waals surface area (Å²) in [5, 5.41) is 3.52. The zero-order valence-electron chi connectivity index (χ0n) is 18.8. The number of unbranched alkanes of at least 4 members (excludes halogenated alkanes) is 1. The molecule has 31 heavy (non-hydrogen) atoms. The second-order valence-corrected chi connectivity index (χ2v) is 8.54. The van der Waals surface area contributed by atoms with Gasteiger partial charge in [-0.25, -0.2) is 4.79 Å². The van der Waals surface area contributed by atoms with E-state index >= 15 is 0 Å². The average molecular weight is 432 g/mol. The highest BCUT2D eigenvalue weighted by molar-refractivity contribution is 5.81. The molecule has 0 spiro atoms. The third-order valence-corrected chi connectivity index (χ3v) is 6.57. The lowest BCUT2D eigenvalue weighted by atomic mass is 9.78. The Morgan fingerprint density at radius 3 is 2.55 bits per heavy atom. The van der Waals surface area contributed by atoms with E-state index in [-0.39, 0.29) is 24.1 Å². The summed E-state index contributed by atoms with van der Waals surface area (Å²) in [7, 11) is 2.99. The summed E-state index contributed by atoms with van der Waals surface area (Å²) in [4.78, 5) is 40.3. The molecule has 3 rings (SSSR count). The van der Waals surface area contributed by atoms with Crippen molar-refractivity contribution in [1.82, 2.24) is 14.9 Å². The third-order valence-electron chi connectivity index (χ3n) is 6.57. The molecular weight excluding hydrogens is 398 g/mol. The molecule has 170 valence electrons. The van der Waals surface area contributed by atoms with Gasteiger partial charge in [0, 0.05) is 25.1 Å². The molecule has 1 heterocycles. The number of ether oxygens (including phenoxy) is 2. The second kappa shape index (κ2) is 10.0. The van der Waals surface area contributed by atoms with Crippen molar-refractivity contribution >= 4 is 16.8 Å². The van der Waals surface area contributed by atoms with E-state index in [9.17, 15) is 14.4 Å². The monoisotopic (exact) mass is 431 g/mol. The van der Waals surface area contributed by atoms with E-state index in [0.29, 0.717) is 53.5 Å².